The molecular weight excluding hydrogens is 455 g/mol. The molecule has 4 aliphatic rings. The van der Waals surface area contributed by atoms with Gasteiger partial charge < -0.3 is 20.0 Å². The zero-order valence-electron chi connectivity index (χ0n) is 21.5. The van der Waals surface area contributed by atoms with Crippen LogP contribution in [0.4, 0.5) is 15.9 Å². The Labute approximate surface area is 213 Å². The molecule has 0 saturated carbocycles. The van der Waals surface area contributed by atoms with E-state index in [1.807, 2.05) is 11.0 Å². The summed E-state index contributed by atoms with van der Waals surface area (Å²) in [5.41, 5.74) is 4.60. The van der Waals surface area contributed by atoms with Crippen LogP contribution in [-0.2, 0) is 24.2 Å². The van der Waals surface area contributed by atoms with Crippen LogP contribution in [0.3, 0.4) is 0 Å². The smallest absolute Gasteiger partial charge is 0.219 e. The van der Waals surface area contributed by atoms with Gasteiger partial charge in [-0.25, -0.2) is 4.39 Å². The van der Waals surface area contributed by atoms with Crippen LogP contribution in [0, 0.1) is 11.7 Å². The first-order chi connectivity index (χ1) is 17.6. The molecule has 2 fully saturated rings. The van der Waals surface area contributed by atoms with Crippen molar-refractivity contribution in [2.45, 2.75) is 64.5 Å². The standard InChI is InChI=1S/C28H39FN6O/c1-20(36)33-16-10-27-25(19-33)28(34-13-2-3-22-17-23(29)4-5-26(22)34)31-35(27)24-8-14-32(15-9-24)18-21-6-11-30-12-7-21/h4-5,17,21,24,30H,2-3,6-16,18-19H2,1H3. The summed E-state index contributed by atoms with van der Waals surface area (Å²) >= 11 is 0. The molecule has 8 heteroatoms. The largest absolute Gasteiger partial charge is 0.338 e. The van der Waals surface area contributed by atoms with Crippen molar-refractivity contribution < 1.29 is 9.18 Å². The van der Waals surface area contributed by atoms with Gasteiger partial charge in [-0.1, -0.05) is 0 Å². The Bertz CT molecular complexity index is 1100. The first-order valence-corrected chi connectivity index (χ1v) is 13.9. The predicted octanol–water partition coefficient (Wildman–Crippen LogP) is 3.65. The van der Waals surface area contributed by atoms with Gasteiger partial charge >= 0.3 is 0 Å². The van der Waals surface area contributed by atoms with Crippen molar-refractivity contribution in [3.8, 4) is 0 Å². The van der Waals surface area contributed by atoms with Crippen molar-refractivity contribution in [2.24, 2.45) is 5.92 Å². The van der Waals surface area contributed by atoms with Gasteiger partial charge in [0, 0.05) is 63.0 Å². The fourth-order valence-electron chi connectivity index (χ4n) is 6.78. The Morgan fingerprint density at radius 1 is 1.08 bits per heavy atom. The number of nitrogens with one attached hydrogen (secondary N) is 1. The molecule has 0 atom stereocenters. The second-order valence-electron chi connectivity index (χ2n) is 11.1. The minimum absolute atomic E-state index is 0.117. The van der Waals surface area contributed by atoms with Gasteiger partial charge in [-0.15, -0.1) is 0 Å². The molecule has 4 aliphatic heterocycles. The van der Waals surface area contributed by atoms with Gasteiger partial charge in [0.15, 0.2) is 5.82 Å². The average Bonchev–Trinajstić information content (AvgIpc) is 3.28. The number of rotatable bonds is 4. The number of hydrogen-bond acceptors (Lipinski definition) is 5. The molecule has 36 heavy (non-hydrogen) atoms. The normalized spacial score (nSPS) is 21.9. The highest BCUT2D eigenvalue weighted by Crippen LogP contribution is 2.39. The lowest BCUT2D eigenvalue weighted by atomic mass is 9.95. The molecule has 0 aliphatic carbocycles. The number of halogens is 1. The summed E-state index contributed by atoms with van der Waals surface area (Å²) in [6, 6.07) is 5.53. The number of aromatic nitrogens is 2. The van der Waals surface area contributed by atoms with E-state index >= 15 is 0 Å². The number of fused-ring (bicyclic) bond motifs is 2. The van der Waals surface area contributed by atoms with E-state index in [0.29, 0.717) is 12.6 Å². The topological polar surface area (TPSA) is 56.6 Å². The molecule has 0 unspecified atom stereocenters. The van der Waals surface area contributed by atoms with Crippen LogP contribution in [0.5, 0.6) is 0 Å². The maximum Gasteiger partial charge on any atom is 0.219 e. The molecule has 1 N–H and O–H groups in total. The Balaban J connectivity index is 1.26. The van der Waals surface area contributed by atoms with Crippen LogP contribution in [0.2, 0.25) is 0 Å². The van der Waals surface area contributed by atoms with Gasteiger partial charge in [0.1, 0.15) is 5.82 Å². The lowest BCUT2D eigenvalue weighted by Crippen LogP contribution is -2.41. The second kappa shape index (κ2) is 10.1. The molecule has 0 spiro atoms. The van der Waals surface area contributed by atoms with Crippen molar-refractivity contribution in [3.63, 3.8) is 0 Å². The van der Waals surface area contributed by atoms with Crippen LogP contribution < -0.4 is 10.2 Å². The molecule has 1 aromatic heterocycles. The minimum atomic E-state index is -0.179. The Hall–Kier alpha value is -2.45. The summed E-state index contributed by atoms with van der Waals surface area (Å²) in [6.07, 6.45) is 7.55. The maximum absolute atomic E-state index is 14.0. The molecule has 0 radical (unpaired) electrons. The zero-order chi connectivity index (χ0) is 24.6. The molecule has 0 bridgehead atoms. The van der Waals surface area contributed by atoms with E-state index in [9.17, 15) is 9.18 Å². The van der Waals surface area contributed by atoms with Crippen LogP contribution in [0.1, 0.15) is 61.9 Å². The van der Waals surface area contributed by atoms with E-state index in [0.717, 1.165) is 94.4 Å². The number of likely N-dealkylation sites (tertiary alicyclic amines) is 1. The lowest BCUT2D eigenvalue weighted by Gasteiger charge is -2.36. The quantitative estimate of drug-likeness (QED) is 0.703. The van der Waals surface area contributed by atoms with Crippen molar-refractivity contribution >= 4 is 17.4 Å². The van der Waals surface area contributed by atoms with Gasteiger partial charge in [-0.05, 0) is 81.3 Å². The summed E-state index contributed by atoms with van der Waals surface area (Å²) in [6.45, 7) is 9.70. The minimum Gasteiger partial charge on any atom is -0.338 e. The molecule has 7 nitrogen and oxygen atoms in total. The first kappa shape index (κ1) is 23.9. The highest BCUT2D eigenvalue weighted by atomic mass is 19.1. The highest BCUT2D eigenvalue weighted by Gasteiger charge is 2.34. The molecule has 2 aromatic rings. The van der Waals surface area contributed by atoms with E-state index < -0.39 is 0 Å². The van der Waals surface area contributed by atoms with E-state index in [1.54, 1.807) is 19.1 Å². The molecule has 1 amide bonds. The number of carbonyl (C=O) groups is 1. The summed E-state index contributed by atoms with van der Waals surface area (Å²) in [4.78, 5) is 19.2. The average molecular weight is 495 g/mol. The molecule has 1 aromatic carbocycles. The van der Waals surface area contributed by atoms with Crippen LogP contribution in [0.25, 0.3) is 0 Å². The monoisotopic (exact) mass is 494 g/mol. The van der Waals surface area contributed by atoms with Gasteiger partial charge in [0.05, 0.1) is 12.6 Å². The summed E-state index contributed by atoms with van der Waals surface area (Å²) in [7, 11) is 0. The van der Waals surface area contributed by atoms with Gasteiger partial charge in [0.2, 0.25) is 5.91 Å². The van der Waals surface area contributed by atoms with Gasteiger partial charge in [0.25, 0.3) is 0 Å². The van der Waals surface area contributed by atoms with Gasteiger partial charge in [-0.2, -0.15) is 5.10 Å². The summed E-state index contributed by atoms with van der Waals surface area (Å²) in [5.74, 6) is 1.74. The van der Waals surface area contributed by atoms with Crippen molar-refractivity contribution in [3.05, 3.63) is 40.8 Å². The van der Waals surface area contributed by atoms with Crippen LogP contribution in [-0.4, -0.2) is 71.3 Å². The number of carbonyl (C=O) groups excluding carboxylic acids is 1. The predicted molar refractivity (Wildman–Crippen MR) is 139 cm³/mol. The third kappa shape index (κ3) is 4.65. The Morgan fingerprint density at radius 3 is 2.67 bits per heavy atom. The van der Waals surface area contributed by atoms with Crippen LogP contribution >= 0.6 is 0 Å². The SMILES string of the molecule is CC(=O)N1CCc2c(c(N3CCCc4cc(F)ccc43)nn2C2CCN(CC3CCNCC3)CC2)C1. The number of nitrogens with zero attached hydrogens (tertiary/aromatic N) is 5. The molecule has 5 heterocycles. The highest BCUT2D eigenvalue weighted by molar-refractivity contribution is 5.75. The third-order valence-electron chi connectivity index (χ3n) is 8.80. The Kier molecular flexibility index (Phi) is 6.73. The first-order valence-electron chi connectivity index (χ1n) is 13.9. The van der Waals surface area contributed by atoms with Crippen molar-refractivity contribution in [1.82, 2.24) is 24.9 Å². The van der Waals surface area contributed by atoms with Crippen molar-refractivity contribution in [1.29, 1.82) is 0 Å². The Morgan fingerprint density at radius 2 is 1.89 bits per heavy atom. The van der Waals surface area contributed by atoms with E-state index in [1.165, 1.54) is 30.6 Å². The summed E-state index contributed by atoms with van der Waals surface area (Å²) < 4.78 is 16.3. The number of aryl methyl sites for hydroxylation is 1. The number of piperidine rings is 2. The van der Waals surface area contributed by atoms with E-state index in [4.69, 9.17) is 5.10 Å². The second-order valence-corrected chi connectivity index (χ2v) is 11.1. The number of benzene rings is 1. The molecule has 2 saturated heterocycles. The fourth-order valence-corrected chi connectivity index (χ4v) is 6.78. The van der Waals surface area contributed by atoms with E-state index in [-0.39, 0.29) is 11.7 Å². The van der Waals surface area contributed by atoms with Crippen LogP contribution in [0.15, 0.2) is 18.2 Å². The van der Waals surface area contributed by atoms with Gasteiger partial charge in [-0.3, -0.25) is 9.48 Å². The number of amides is 1. The number of hydrogen-bond donors (Lipinski definition) is 1. The number of anilines is 2. The van der Waals surface area contributed by atoms with Crippen molar-refractivity contribution in [2.75, 3.05) is 50.7 Å². The molecule has 194 valence electrons. The molecular formula is C28H39FN6O. The lowest BCUT2D eigenvalue weighted by molar-refractivity contribution is -0.129. The molecule has 6 rings (SSSR count). The fraction of sp³-hybridized carbons (Fsp3) is 0.643. The summed E-state index contributed by atoms with van der Waals surface area (Å²) in [5, 5.41) is 8.76. The maximum atomic E-state index is 14.0. The van der Waals surface area contributed by atoms with E-state index in [2.05, 4.69) is 19.8 Å². The third-order valence-corrected chi connectivity index (χ3v) is 8.80. The zero-order valence-corrected chi connectivity index (χ0v) is 21.5.